The lowest BCUT2D eigenvalue weighted by Gasteiger charge is -2.26. The zero-order valence-electron chi connectivity index (χ0n) is 15.0. The van der Waals surface area contributed by atoms with Gasteiger partial charge in [-0.3, -0.25) is 0 Å². The Balaban J connectivity index is 0.000000450. The lowest BCUT2D eigenvalue weighted by molar-refractivity contribution is -0.159. The van der Waals surface area contributed by atoms with Gasteiger partial charge >= 0.3 is 11.9 Å². The third-order valence-electron chi connectivity index (χ3n) is 4.01. The number of nitrogens with zero attached hydrogens (tertiary/aromatic N) is 1. The Bertz CT molecular complexity index is 544. The fourth-order valence-corrected chi connectivity index (χ4v) is 2.37. The molecule has 1 aromatic rings. The molecule has 0 aliphatic carbocycles. The van der Waals surface area contributed by atoms with Gasteiger partial charge in [0.15, 0.2) is 0 Å². The van der Waals surface area contributed by atoms with E-state index >= 15 is 0 Å². The van der Waals surface area contributed by atoms with Crippen molar-refractivity contribution in [1.29, 1.82) is 0 Å². The number of carboxylic acids is 2. The third-order valence-corrected chi connectivity index (χ3v) is 4.01. The van der Waals surface area contributed by atoms with E-state index in [1.54, 1.807) is 0 Å². The van der Waals surface area contributed by atoms with E-state index in [-0.39, 0.29) is 0 Å². The molecule has 7 nitrogen and oxygen atoms in total. The summed E-state index contributed by atoms with van der Waals surface area (Å²) in [6.07, 6.45) is 2.36. The average molecular weight is 352 g/mol. The lowest BCUT2D eigenvalue weighted by Crippen LogP contribution is -2.43. The van der Waals surface area contributed by atoms with Gasteiger partial charge < -0.3 is 25.2 Å². The molecule has 0 radical (unpaired) electrons. The van der Waals surface area contributed by atoms with Crippen LogP contribution in [0.2, 0.25) is 0 Å². The molecule has 1 heterocycles. The fraction of sp³-hybridized carbons (Fsp3) is 0.556. The number of carbonyl (C=O) groups is 2. The van der Waals surface area contributed by atoms with Crippen LogP contribution in [0, 0.1) is 13.8 Å². The van der Waals surface area contributed by atoms with E-state index in [2.05, 4.69) is 42.3 Å². The molecule has 2 rings (SSSR count). The summed E-state index contributed by atoms with van der Waals surface area (Å²) in [4.78, 5) is 20.7. The first-order valence-corrected chi connectivity index (χ1v) is 8.49. The number of unbranched alkanes of at least 4 members (excludes halogenated alkanes) is 1. The van der Waals surface area contributed by atoms with Crippen molar-refractivity contribution in [3.63, 3.8) is 0 Å². The maximum absolute atomic E-state index is 9.10. The summed E-state index contributed by atoms with van der Waals surface area (Å²) >= 11 is 0. The van der Waals surface area contributed by atoms with Crippen LogP contribution in [0.5, 0.6) is 5.75 Å². The zero-order valence-corrected chi connectivity index (χ0v) is 15.0. The maximum Gasteiger partial charge on any atom is 0.414 e. The van der Waals surface area contributed by atoms with Gasteiger partial charge in [0.25, 0.3) is 0 Å². The van der Waals surface area contributed by atoms with Gasteiger partial charge in [-0.05, 0) is 56.5 Å². The van der Waals surface area contributed by atoms with Crippen LogP contribution in [0.15, 0.2) is 18.2 Å². The highest BCUT2D eigenvalue weighted by Gasteiger charge is 2.08. The minimum absolute atomic E-state index is 0.828. The first kappa shape index (κ1) is 20.9. The molecular weight excluding hydrogens is 324 g/mol. The summed E-state index contributed by atoms with van der Waals surface area (Å²) in [5.41, 5.74) is 2.63. The first-order chi connectivity index (χ1) is 11.9. The molecule has 3 N–H and O–H groups in total. The van der Waals surface area contributed by atoms with Crippen LogP contribution in [0.3, 0.4) is 0 Å². The molecule has 25 heavy (non-hydrogen) atoms. The van der Waals surface area contributed by atoms with Gasteiger partial charge in [0.05, 0.1) is 6.61 Å². The molecule has 1 aromatic carbocycles. The highest BCUT2D eigenvalue weighted by atomic mass is 16.5. The van der Waals surface area contributed by atoms with Crippen molar-refractivity contribution in [2.75, 3.05) is 39.3 Å². The van der Waals surface area contributed by atoms with E-state index in [0.717, 1.165) is 31.9 Å². The van der Waals surface area contributed by atoms with Crippen LogP contribution >= 0.6 is 0 Å². The van der Waals surface area contributed by atoms with Crippen LogP contribution in [-0.4, -0.2) is 66.4 Å². The van der Waals surface area contributed by atoms with E-state index < -0.39 is 11.9 Å². The number of carboxylic acid groups (broad SMARTS) is 2. The first-order valence-electron chi connectivity index (χ1n) is 8.49. The van der Waals surface area contributed by atoms with Crippen LogP contribution < -0.4 is 10.1 Å². The third kappa shape index (κ3) is 9.07. The normalized spacial score (nSPS) is 14.3. The maximum atomic E-state index is 9.10. The molecule has 1 aliphatic rings. The van der Waals surface area contributed by atoms with Crippen molar-refractivity contribution in [3.8, 4) is 5.75 Å². The minimum Gasteiger partial charge on any atom is -0.494 e. The van der Waals surface area contributed by atoms with E-state index in [1.165, 1.54) is 37.2 Å². The predicted octanol–water partition coefficient (Wildman–Crippen LogP) is 1.52. The zero-order chi connectivity index (χ0) is 18.7. The number of hydrogen-bond acceptors (Lipinski definition) is 5. The molecule has 0 unspecified atom stereocenters. The Kier molecular flexibility index (Phi) is 9.57. The van der Waals surface area contributed by atoms with Crippen molar-refractivity contribution < 1.29 is 24.5 Å². The molecule has 0 bridgehead atoms. The fourth-order valence-electron chi connectivity index (χ4n) is 2.37. The largest absolute Gasteiger partial charge is 0.494 e. The minimum atomic E-state index is -1.82. The van der Waals surface area contributed by atoms with E-state index in [0.29, 0.717) is 0 Å². The Morgan fingerprint density at radius 3 is 2.28 bits per heavy atom. The summed E-state index contributed by atoms with van der Waals surface area (Å²) in [6.45, 7) is 11.0. The van der Waals surface area contributed by atoms with Crippen LogP contribution in [0.1, 0.15) is 24.0 Å². The molecule has 1 aliphatic heterocycles. The van der Waals surface area contributed by atoms with Gasteiger partial charge in [-0.15, -0.1) is 0 Å². The average Bonchev–Trinajstić information content (AvgIpc) is 2.59. The number of aryl methyl sites for hydroxylation is 2. The molecule has 0 aromatic heterocycles. The summed E-state index contributed by atoms with van der Waals surface area (Å²) in [5.74, 6) is -2.64. The van der Waals surface area contributed by atoms with Crippen LogP contribution in [-0.2, 0) is 9.59 Å². The number of ether oxygens (including phenoxy) is 1. The van der Waals surface area contributed by atoms with Crippen LogP contribution in [0.25, 0.3) is 0 Å². The molecule has 0 saturated carbocycles. The Hall–Kier alpha value is -2.12. The van der Waals surface area contributed by atoms with Crippen molar-refractivity contribution in [1.82, 2.24) is 10.2 Å². The number of benzene rings is 1. The highest BCUT2D eigenvalue weighted by Crippen LogP contribution is 2.16. The molecule has 140 valence electrons. The summed E-state index contributed by atoms with van der Waals surface area (Å²) in [7, 11) is 0. The molecule has 0 atom stereocenters. The van der Waals surface area contributed by atoms with Gasteiger partial charge in [-0.2, -0.15) is 0 Å². The number of aliphatic carboxylic acids is 2. The number of rotatable bonds is 6. The highest BCUT2D eigenvalue weighted by molar-refractivity contribution is 6.27. The predicted molar refractivity (Wildman–Crippen MR) is 95.2 cm³/mol. The molecule has 0 amide bonds. The molecule has 1 fully saturated rings. The van der Waals surface area contributed by atoms with Crippen molar-refractivity contribution in [2.24, 2.45) is 0 Å². The van der Waals surface area contributed by atoms with E-state index in [9.17, 15) is 0 Å². The smallest absolute Gasteiger partial charge is 0.414 e. The lowest BCUT2D eigenvalue weighted by atomic mass is 10.1. The second kappa shape index (κ2) is 11.4. The number of nitrogens with one attached hydrogen (secondary N) is 1. The molecule has 1 saturated heterocycles. The van der Waals surface area contributed by atoms with Crippen LogP contribution in [0.4, 0.5) is 0 Å². The topological polar surface area (TPSA) is 99.1 Å². The quantitative estimate of drug-likeness (QED) is 0.527. The van der Waals surface area contributed by atoms with Gasteiger partial charge in [0, 0.05) is 26.2 Å². The van der Waals surface area contributed by atoms with Gasteiger partial charge in [-0.1, -0.05) is 6.07 Å². The summed E-state index contributed by atoms with van der Waals surface area (Å²) in [6, 6.07) is 6.33. The van der Waals surface area contributed by atoms with Crippen molar-refractivity contribution in [2.45, 2.75) is 26.7 Å². The monoisotopic (exact) mass is 352 g/mol. The van der Waals surface area contributed by atoms with E-state index in [4.69, 9.17) is 24.5 Å². The van der Waals surface area contributed by atoms with Gasteiger partial charge in [0.2, 0.25) is 0 Å². The summed E-state index contributed by atoms with van der Waals surface area (Å²) < 4.78 is 5.80. The van der Waals surface area contributed by atoms with E-state index in [1.807, 2.05) is 0 Å². The molecule has 0 spiro atoms. The molecular formula is C18H28N2O5. The van der Waals surface area contributed by atoms with Crippen molar-refractivity contribution in [3.05, 3.63) is 29.3 Å². The Labute approximate surface area is 148 Å². The SMILES string of the molecule is Cc1ccc(OCCCCN2CCNCC2)cc1C.O=C(O)C(=O)O. The Morgan fingerprint density at radius 2 is 1.72 bits per heavy atom. The standard InChI is InChI=1S/C16H26N2O.C2H2O4/c1-14-5-6-16(13-15(14)2)19-12-4-3-9-18-10-7-17-8-11-18;3-1(4)2(5)6/h5-6,13,17H,3-4,7-12H2,1-2H3;(H,3,4)(H,5,6). The summed E-state index contributed by atoms with van der Waals surface area (Å²) in [5, 5.41) is 18.2. The second-order valence-corrected chi connectivity index (χ2v) is 6.00. The van der Waals surface area contributed by atoms with Gasteiger partial charge in [-0.25, -0.2) is 9.59 Å². The number of hydrogen-bond donors (Lipinski definition) is 3. The van der Waals surface area contributed by atoms with Crippen molar-refractivity contribution >= 4 is 11.9 Å². The molecule has 7 heteroatoms. The second-order valence-electron chi connectivity index (χ2n) is 6.00. The Morgan fingerprint density at radius 1 is 1.08 bits per heavy atom. The number of piperazine rings is 1. The van der Waals surface area contributed by atoms with Gasteiger partial charge in [0.1, 0.15) is 5.75 Å².